The lowest BCUT2D eigenvalue weighted by Gasteiger charge is -2.45. The number of hydrogen-bond acceptors (Lipinski definition) is 5. The van der Waals surface area contributed by atoms with Gasteiger partial charge in [0.2, 0.25) is 5.60 Å². The molecule has 0 radical (unpaired) electrons. The van der Waals surface area contributed by atoms with Gasteiger partial charge in [-0.1, -0.05) is 35.6 Å². The fourth-order valence-electron chi connectivity index (χ4n) is 3.35. The number of nitrogens with zero attached hydrogens (tertiary/aromatic N) is 2. The van der Waals surface area contributed by atoms with E-state index >= 15 is 0 Å². The molecule has 6 nitrogen and oxygen atoms in total. The van der Waals surface area contributed by atoms with Gasteiger partial charge in [-0.2, -0.15) is 13.2 Å². The monoisotopic (exact) mass is 598 g/mol. The van der Waals surface area contributed by atoms with E-state index in [1.807, 2.05) is 0 Å². The smallest absolute Gasteiger partial charge is 0.424 e. The summed E-state index contributed by atoms with van der Waals surface area (Å²) < 4.78 is 74.9. The molecule has 1 aromatic carbocycles. The van der Waals surface area contributed by atoms with Crippen molar-refractivity contribution in [3.05, 3.63) is 34.1 Å². The number of hydrogen-bond donors (Lipinski definition) is 0. The number of amidine groups is 1. The minimum absolute atomic E-state index is 0.0161. The molecule has 1 heterocycles. The van der Waals surface area contributed by atoms with Crippen LogP contribution in [0.3, 0.4) is 0 Å². The normalized spacial score (nSPS) is 23.3. The fraction of sp³-hybridized carbons (Fsp3) is 0.667. The summed E-state index contributed by atoms with van der Waals surface area (Å²) in [7, 11) is -1.51. The average Bonchev–Trinajstić information content (AvgIpc) is 2.69. The van der Waals surface area contributed by atoms with Gasteiger partial charge in [0.1, 0.15) is 23.7 Å². The van der Waals surface area contributed by atoms with Gasteiger partial charge < -0.3 is 14.2 Å². The van der Waals surface area contributed by atoms with Gasteiger partial charge in [0.25, 0.3) is 0 Å². The molecule has 0 aromatic heterocycles. The van der Waals surface area contributed by atoms with E-state index in [4.69, 9.17) is 14.2 Å². The van der Waals surface area contributed by atoms with Crippen LogP contribution in [0.1, 0.15) is 40.2 Å². The number of carbonyl (C=O) groups is 1. The van der Waals surface area contributed by atoms with Crippen LogP contribution in [0.2, 0.25) is 25.7 Å². The number of carbonyl (C=O) groups excluding carboxylic acids is 1. The molecule has 0 saturated carbocycles. The van der Waals surface area contributed by atoms with Crippen LogP contribution in [0.4, 0.5) is 22.4 Å². The maximum atomic E-state index is 14.8. The van der Waals surface area contributed by atoms with Gasteiger partial charge in [-0.3, -0.25) is 4.99 Å². The molecule has 1 aliphatic heterocycles. The Kier molecular flexibility index (Phi) is 9.13. The molecule has 1 aromatic rings. The lowest BCUT2D eigenvalue weighted by molar-refractivity contribution is -0.252. The van der Waals surface area contributed by atoms with Crippen molar-refractivity contribution in [1.82, 2.24) is 4.90 Å². The second-order valence-electron chi connectivity index (χ2n) is 11.4. The predicted octanol–water partition coefficient (Wildman–Crippen LogP) is 7.10. The van der Waals surface area contributed by atoms with Crippen LogP contribution in [0.25, 0.3) is 0 Å². The Labute approximate surface area is 219 Å². The summed E-state index contributed by atoms with van der Waals surface area (Å²) in [5.74, 6) is -1.43. The molecular formula is C24H35BrF4N2O4Si. The molecule has 0 N–H and O–H groups in total. The third kappa shape index (κ3) is 7.52. The number of benzene rings is 1. The zero-order valence-corrected chi connectivity index (χ0v) is 24.6. The molecule has 204 valence electrons. The zero-order valence-electron chi connectivity index (χ0n) is 22.0. The van der Waals surface area contributed by atoms with Gasteiger partial charge in [0, 0.05) is 24.7 Å². The van der Waals surface area contributed by atoms with Crippen LogP contribution in [-0.2, 0) is 19.7 Å². The van der Waals surface area contributed by atoms with E-state index < -0.39 is 62.1 Å². The van der Waals surface area contributed by atoms with Gasteiger partial charge in [-0.25, -0.2) is 14.1 Å². The maximum absolute atomic E-state index is 14.8. The second-order valence-corrected chi connectivity index (χ2v) is 17.9. The Morgan fingerprint density at radius 1 is 1.22 bits per heavy atom. The summed E-state index contributed by atoms with van der Waals surface area (Å²) in [6.45, 7) is 12.5. The highest BCUT2D eigenvalue weighted by atomic mass is 79.9. The molecule has 0 aliphatic carbocycles. The molecule has 1 amide bonds. The minimum Gasteiger partial charge on any atom is -0.443 e. The third-order valence-corrected chi connectivity index (χ3v) is 7.75. The first kappa shape index (κ1) is 30.7. The Morgan fingerprint density at radius 2 is 1.83 bits per heavy atom. The molecule has 2 rings (SSSR count). The highest BCUT2D eigenvalue weighted by molar-refractivity contribution is 9.10. The van der Waals surface area contributed by atoms with E-state index in [0.717, 1.165) is 13.0 Å². The average molecular weight is 600 g/mol. The fourth-order valence-corrected chi connectivity index (χ4v) is 4.47. The van der Waals surface area contributed by atoms with Crippen LogP contribution < -0.4 is 0 Å². The van der Waals surface area contributed by atoms with E-state index in [-0.39, 0.29) is 12.2 Å². The quantitative estimate of drug-likeness (QED) is 0.152. The van der Waals surface area contributed by atoms with Gasteiger partial charge in [0.05, 0.1) is 6.61 Å². The first-order valence-electron chi connectivity index (χ1n) is 11.5. The molecule has 1 aliphatic rings. The summed E-state index contributed by atoms with van der Waals surface area (Å²) in [6.07, 6.45) is -6.02. The van der Waals surface area contributed by atoms with E-state index in [1.165, 1.54) is 25.1 Å². The topological polar surface area (TPSA) is 60.4 Å². The standard InChI is InChI=1S/C24H35BrF4N2O4Si/c1-21(2,3)35-20(32)31(15-33-11-12-36(6,7)8)19-23(5,24(27,28)29)34-14-22(4,30-19)17-13-16(25)9-10-18(17)26/h9-10,13H,11-12,14-15H2,1-8H3/t22-,23-/m1/s1. The molecule has 36 heavy (non-hydrogen) atoms. The van der Waals surface area contributed by atoms with E-state index in [1.54, 1.807) is 20.8 Å². The number of aliphatic imine (C=N–C) groups is 1. The second kappa shape index (κ2) is 10.7. The highest BCUT2D eigenvalue weighted by Gasteiger charge is 2.62. The van der Waals surface area contributed by atoms with Crippen LogP contribution in [-0.4, -0.2) is 62.2 Å². The predicted molar refractivity (Wildman–Crippen MR) is 136 cm³/mol. The van der Waals surface area contributed by atoms with Gasteiger partial charge in [-0.05, 0) is 58.9 Å². The Hall–Kier alpha value is -1.50. The number of rotatable bonds is 6. The summed E-state index contributed by atoms with van der Waals surface area (Å²) in [5.41, 5.74) is -5.51. The Morgan fingerprint density at radius 3 is 2.36 bits per heavy atom. The molecule has 2 atom stereocenters. The van der Waals surface area contributed by atoms with Gasteiger partial charge in [-0.15, -0.1) is 0 Å². The van der Waals surface area contributed by atoms with Crippen molar-refractivity contribution in [2.45, 2.75) is 83.2 Å². The van der Waals surface area contributed by atoms with E-state index in [2.05, 4.69) is 40.6 Å². The molecule has 0 bridgehead atoms. The van der Waals surface area contributed by atoms with Gasteiger partial charge >= 0.3 is 12.3 Å². The van der Waals surface area contributed by atoms with Crippen molar-refractivity contribution in [3.63, 3.8) is 0 Å². The Bertz CT molecular complexity index is 994. The van der Waals surface area contributed by atoms with Crippen molar-refractivity contribution in [3.8, 4) is 0 Å². The zero-order chi connectivity index (χ0) is 27.7. The molecule has 0 fully saturated rings. The molecule has 12 heteroatoms. The van der Waals surface area contributed by atoms with Crippen molar-refractivity contribution < 1.29 is 36.6 Å². The number of alkyl halides is 3. The number of ether oxygens (including phenoxy) is 3. The SMILES string of the molecule is CC(C)(C)OC(=O)N(COCC[Si](C)(C)C)C1=N[C@@](C)(c2cc(Br)ccc2F)CO[C@@]1(C)C(F)(F)F. The van der Waals surface area contributed by atoms with Gasteiger partial charge in [0.15, 0.2) is 5.84 Å². The molecule has 0 spiro atoms. The van der Waals surface area contributed by atoms with Crippen molar-refractivity contribution in [1.29, 1.82) is 0 Å². The van der Waals surface area contributed by atoms with Crippen LogP contribution in [0.15, 0.2) is 27.7 Å². The summed E-state index contributed by atoms with van der Waals surface area (Å²) >= 11 is 3.26. The minimum atomic E-state index is -4.94. The summed E-state index contributed by atoms with van der Waals surface area (Å²) in [4.78, 5) is 18.2. The molecule has 0 unspecified atom stereocenters. The summed E-state index contributed by atoms with van der Waals surface area (Å²) in [5, 5.41) is 0. The summed E-state index contributed by atoms with van der Waals surface area (Å²) in [6, 6.07) is 4.81. The van der Waals surface area contributed by atoms with Crippen molar-refractivity contribution in [2.24, 2.45) is 4.99 Å². The number of halogens is 5. The van der Waals surface area contributed by atoms with Crippen molar-refractivity contribution in [2.75, 3.05) is 19.9 Å². The highest BCUT2D eigenvalue weighted by Crippen LogP contribution is 2.43. The van der Waals surface area contributed by atoms with Crippen LogP contribution in [0, 0.1) is 5.82 Å². The lowest BCUT2D eigenvalue weighted by Crippen LogP contribution is -2.63. The maximum Gasteiger partial charge on any atom is 0.424 e. The van der Waals surface area contributed by atoms with Crippen molar-refractivity contribution >= 4 is 35.9 Å². The molecule has 0 saturated heterocycles. The molecular weight excluding hydrogens is 564 g/mol. The first-order chi connectivity index (χ1) is 16.2. The van der Waals surface area contributed by atoms with Crippen LogP contribution >= 0.6 is 15.9 Å². The lowest BCUT2D eigenvalue weighted by atomic mass is 9.89. The largest absolute Gasteiger partial charge is 0.443 e. The third-order valence-electron chi connectivity index (χ3n) is 5.56. The van der Waals surface area contributed by atoms with E-state index in [9.17, 15) is 22.4 Å². The van der Waals surface area contributed by atoms with E-state index in [0.29, 0.717) is 9.37 Å². The first-order valence-corrected chi connectivity index (χ1v) is 16.0. The van der Waals surface area contributed by atoms with Crippen LogP contribution in [0.5, 0.6) is 0 Å². The Balaban J connectivity index is 2.64. The number of amides is 1.